The van der Waals surface area contributed by atoms with E-state index in [2.05, 4.69) is 10.3 Å². The number of thiophene rings is 1. The standard InChI is InChI=1S/C19H26N4O2S/c1-12-15-17(21-14-4-3-9-23(14)18(15)24)26-16(12)19(25)22-10-6-13(7-11-22)5-8-20-2/h13,20H,3-11H2,1-2H3. The van der Waals surface area contributed by atoms with Crippen molar-refractivity contribution in [1.82, 2.24) is 19.8 Å². The van der Waals surface area contributed by atoms with Crippen LogP contribution in [-0.2, 0) is 13.0 Å². The highest BCUT2D eigenvalue weighted by Crippen LogP contribution is 2.31. The van der Waals surface area contributed by atoms with Crippen LogP contribution in [0.1, 0.15) is 46.7 Å². The van der Waals surface area contributed by atoms with Gasteiger partial charge in [-0.3, -0.25) is 14.2 Å². The normalized spacial score (nSPS) is 17.8. The Balaban J connectivity index is 1.58. The Labute approximate surface area is 157 Å². The van der Waals surface area contributed by atoms with Crippen LogP contribution in [0.2, 0.25) is 0 Å². The highest BCUT2D eigenvalue weighted by atomic mass is 32.1. The Hall–Kier alpha value is -1.73. The van der Waals surface area contributed by atoms with Gasteiger partial charge in [0.1, 0.15) is 10.7 Å². The molecular weight excluding hydrogens is 348 g/mol. The highest BCUT2D eigenvalue weighted by Gasteiger charge is 2.28. The van der Waals surface area contributed by atoms with Crippen molar-refractivity contribution in [3.63, 3.8) is 0 Å². The number of carbonyl (C=O) groups is 1. The first-order chi connectivity index (χ1) is 12.6. The number of aryl methyl sites for hydroxylation is 2. The Bertz CT molecular complexity index is 893. The predicted molar refractivity (Wildman–Crippen MR) is 104 cm³/mol. The molecule has 1 N–H and O–H groups in total. The number of aromatic nitrogens is 2. The maximum Gasteiger partial charge on any atom is 0.264 e. The predicted octanol–water partition coefficient (Wildman–Crippen LogP) is 2.17. The van der Waals surface area contributed by atoms with Crippen LogP contribution in [0.3, 0.4) is 0 Å². The first-order valence-corrected chi connectivity index (χ1v) is 10.4. The topological polar surface area (TPSA) is 67.2 Å². The number of likely N-dealkylation sites (tertiary alicyclic amines) is 1. The fourth-order valence-corrected chi connectivity index (χ4v) is 5.35. The molecule has 1 saturated heterocycles. The van der Waals surface area contributed by atoms with E-state index in [4.69, 9.17) is 0 Å². The first kappa shape index (κ1) is 17.7. The van der Waals surface area contributed by atoms with Gasteiger partial charge in [0, 0.05) is 26.1 Å². The number of rotatable bonds is 4. The van der Waals surface area contributed by atoms with Crippen LogP contribution in [-0.4, -0.2) is 47.0 Å². The van der Waals surface area contributed by atoms with Crippen LogP contribution in [0.15, 0.2) is 4.79 Å². The average Bonchev–Trinajstić information content (AvgIpc) is 3.25. The molecule has 0 unspecified atom stereocenters. The number of carbonyl (C=O) groups excluding carboxylic acids is 1. The summed E-state index contributed by atoms with van der Waals surface area (Å²) in [6.45, 7) is 5.30. The summed E-state index contributed by atoms with van der Waals surface area (Å²) in [5.41, 5.74) is 0.841. The lowest BCUT2D eigenvalue weighted by Crippen LogP contribution is -2.38. The van der Waals surface area contributed by atoms with Crippen molar-refractivity contribution in [2.24, 2.45) is 5.92 Å². The van der Waals surface area contributed by atoms with E-state index in [9.17, 15) is 9.59 Å². The van der Waals surface area contributed by atoms with Gasteiger partial charge in [0.2, 0.25) is 0 Å². The smallest absolute Gasteiger partial charge is 0.264 e. The SMILES string of the molecule is CNCCC1CCN(C(=O)c2sc3nc4n(c(=O)c3c2C)CCC4)CC1. The van der Waals surface area contributed by atoms with E-state index in [0.717, 1.165) is 68.1 Å². The fraction of sp³-hybridized carbons (Fsp3) is 0.632. The summed E-state index contributed by atoms with van der Waals surface area (Å²) in [7, 11) is 1.98. The summed E-state index contributed by atoms with van der Waals surface area (Å²) in [5.74, 6) is 1.64. The van der Waals surface area contributed by atoms with Crippen LogP contribution in [0.5, 0.6) is 0 Å². The van der Waals surface area contributed by atoms with Crippen LogP contribution >= 0.6 is 11.3 Å². The van der Waals surface area contributed by atoms with Crippen molar-refractivity contribution in [2.75, 3.05) is 26.7 Å². The van der Waals surface area contributed by atoms with Gasteiger partial charge >= 0.3 is 0 Å². The average molecular weight is 375 g/mol. The fourth-order valence-electron chi connectivity index (χ4n) is 4.20. The summed E-state index contributed by atoms with van der Waals surface area (Å²) in [5, 5.41) is 3.85. The second kappa shape index (κ2) is 7.12. The Kier molecular flexibility index (Phi) is 4.84. The lowest BCUT2D eigenvalue weighted by molar-refractivity contribution is 0.0691. The molecule has 7 heteroatoms. The summed E-state index contributed by atoms with van der Waals surface area (Å²) in [6, 6.07) is 0. The molecule has 6 nitrogen and oxygen atoms in total. The number of hydrogen-bond donors (Lipinski definition) is 1. The number of hydrogen-bond acceptors (Lipinski definition) is 5. The van der Waals surface area contributed by atoms with Gasteiger partial charge in [-0.05, 0) is 57.7 Å². The monoisotopic (exact) mass is 374 g/mol. The van der Waals surface area contributed by atoms with Gasteiger partial charge in [-0.2, -0.15) is 0 Å². The summed E-state index contributed by atoms with van der Waals surface area (Å²) in [4.78, 5) is 33.9. The Morgan fingerprint density at radius 2 is 2.08 bits per heavy atom. The van der Waals surface area contributed by atoms with Crippen LogP contribution in [0, 0.1) is 12.8 Å². The number of nitrogens with zero attached hydrogens (tertiary/aromatic N) is 3. The van der Waals surface area contributed by atoms with Crippen LogP contribution < -0.4 is 10.9 Å². The van der Waals surface area contributed by atoms with Crippen molar-refractivity contribution in [2.45, 2.75) is 45.6 Å². The highest BCUT2D eigenvalue weighted by molar-refractivity contribution is 7.20. The molecule has 26 heavy (non-hydrogen) atoms. The molecular formula is C19H26N4O2S. The first-order valence-electron chi connectivity index (χ1n) is 9.57. The molecule has 0 radical (unpaired) electrons. The molecule has 1 fully saturated rings. The van der Waals surface area contributed by atoms with E-state index in [0.29, 0.717) is 16.2 Å². The zero-order chi connectivity index (χ0) is 18.3. The van der Waals surface area contributed by atoms with Gasteiger partial charge in [-0.15, -0.1) is 11.3 Å². The van der Waals surface area contributed by atoms with Gasteiger partial charge in [-0.25, -0.2) is 4.98 Å². The molecule has 0 bridgehead atoms. The van der Waals surface area contributed by atoms with Crippen molar-refractivity contribution in [3.05, 3.63) is 26.6 Å². The van der Waals surface area contributed by atoms with Crippen molar-refractivity contribution in [1.29, 1.82) is 0 Å². The van der Waals surface area contributed by atoms with Crippen molar-refractivity contribution < 1.29 is 4.79 Å². The molecule has 0 spiro atoms. The van der Waals surface area contributed by atoms with E-state index in [1.165, 1.54) is 17.8 Å². The second-order valence-electron chi connectivity index (χ2n) is 7.45. The van der Waals surface area contributed by atoms with Crippen molar-refractivity contribution in [3.8, 4) is 0 Å². The molecule has 140 valence electrons. The number of piperidine rings is 1. The molecule has 4 heterocycles. The minimum Gasteiger partial charge on any atom is -0.338 e. The van der Waals surface area contributed by atoms with Gasteiger partial charge in [-0.1, -0.05) is 0 Å². The second-order valence-corrected chi connectivity index (χ2v) is 8.45. The van der Waals surface area contributed by atoms with E-state index in [1.54, 1.807) is 4.57 Å². The summed E-state index contributed by atoms with van der Waals surface area (Å²) in [6.07, 6.45) is 5.13. The van der Waals surface area contributed by atoms with Crippen LogP contribution in [0.25, 0.3) is 10.2 Å². The van der Waals surface area contributed by atoms with Gasteiger partial charge in [0.15, 0.2) is 0 Å². The maximum absolute atomic E-state index is 13.1. The molecule has 0 aliphatic carbocycles. The number of nitrogens with one attached hydrogen (secondary N) is 1. The van der Waals surface area contributed by atoms with E-state index < -0.39 is 0 Å². The third-order valence-electron chi connectivity index (χ3n) is 5.81. The zero-order valence-electron chi connectivity index (χ0n) is 15.5. The maximum atomic E-state index is 13.1. The molecule has 4 rings (SSSR count). The molecule has 0 aromatic carbocycles. The number of amides is 1. The quantitative estimate of drug-likeness (QED) is 0.891. The Morgan fingerprint density at radius 1 is 1.31 bits per heavy atom. The molecule has 2 aliphatic heterocycles. The molecule has 2 aromatic rings. The van der Waals surface area contributed by atoms with E-state index >= 15 is 0 Å². The zero-order valence-corrected chi connectivity index (χ0v) is 16.3. The van der Waals surface area contributed by atoms with E-state index in [-0.39, 0.29) is 11.5 Å². The minimum atomic E-state index is 0.0288. The Morgan fingerprint density at radius 3 is 2.81 bits per heavy atom. The molecule has 0 saturated carbocycles. The third kappa shape index (κ3) is 2.97. The number of fused-ring (bicyclic) bond motifs is 2. The van der Waals surface area contributed by atoms with Crippen molar-refractivity contribution >= 4 is 27.5 Å². The lowest BCUT2D eigenvalue weighted by atomic mass is 9.93. The molecule has 1 amide bonds. The van der Waals surface area contributed by atoms with Gasteiger partial charge in [0.25, 0.3) is 11.5 Å². The minimum absolute atomic E-state index is 0.0288. The summed E-state index contributed by atoms with van der Waals surface area (Å²) < 4.78 is 1.78. The third-order valence-corrected chi connectivity index (χ3v) is 6.98. The van der Waals surface area contributed by atoms with Crippen LogP contribution in [0.4, 0.5) is 0 Å². The van der Waals surface area contributed by atoms with E-state index in [1.807, 2.05) is 18.9 Å². The molecule has 2 aromatic heterocycles. The lowest BCUT2D eigenvalue weighted by Gasteiger charge is -2.32. The van der Waals surface area contributed by atoms with Gasteiger partial charge < -0.3 is 10.2 Å². The molecule has 0 atom stereocenters. The molecule has 2 aliphatic rings. The van der Waals surface area contributed by atoms with Gasteiger partial charge in [0.05, 0.1) is 10.3 Å². The largest absolute Gasteiger partial charge is 0.338 e. The summed E-state index contributed by atoms with van der Waals surface area (Å²) >= 11 is 1.39.